The third-order valence-electron chi connectivity index (χ3n) is 3.82. The van der Waals surface area contributed by atoms with E-state index in [0.29, 0.717) is 21.6 Å². The van der Waals surface area contributed by atoms with Crippen molar-refractivity contribution < 1.29 is 22.4 Å². The molecule has 1 amide bonds. The first-order valence-corrected chi connectivity index (χ1v) is 8.60. The minimum absolute atomic E-state index is 0.240. The number of amides is 1. The Morgan fingerprint density at radius 1 is 1.25 bits per heavy atom. The minimum Gasteiger partial charge on any atom is -0.288 e. The average Bonchev–Trinajstić information content (AvgIpc) is 3.32. The number of H-pyrrole nitrogens is 1. The number of rotatable bonds is 3. The molecule has 0 saturated carbocycles. The number of aromatic amines is 1. The van der Waals surface area contributed by atoms with Gasteiger partial charge in [0.25, 0.3) is 5.91 Å². The molecule has 0 saturated heterocycles. The summed E-state index contributed by atoms with van der Waals surface area (Å²) in [5.74, 6) is -2.83. The van der Waals surface area contributed by atoms with Gasteiger partial charge in [-0.3, -0.25) is 15.2 Å². The molecule has 144 valence electrons. The lowest BCUT2D eigenvalue weighted by atomic mass is 10.3. The molecule has 0 aliphatic heterocycles. The summed E-state index contributed by atoms with van der Waals surface area (Å²) in [4.78, 5) is 16.5. The van der Waals surface area contributed by atoms with Gasteiger partial charge in [0.1, 0.15) is 10.6 Å². The second-order valence-electron chi connectivity index (χ2n) is 5.76. The molecule has 3 aromatic heterocycles. The number of aryl methyl sites for hydroxylation is 1. The molecular weight excluding hydrogens is 400 g/mol. The van der Waals surface area contributed by atoms with Crippen LogP contribution in [0.3, 0.4) is 0 Å². The normalized spacial score (nSPS) is 11.9. The molecule has 4 rings (SSSR count). The topological polar surface area (TPSA) is 88.5 Å². The van der Waals surface area contributed by atoms with E-state index in [-0.39, 0.29) is 10.7 Å². The van der Waals surface area contributed by atoms with Gasteiger partial charge in [-0.2, -0.15) is 23.3 Å². The van der Waals surface area contributed by atoms with Crippen LogP contribution in [0.2, 0.25) is 0 Å². The maximum atomic E-state index is 13.1. The van der Waals surface area contributed by atoms with Crippen molar-refractivity contribution in [1.29, 1.82) is 0 Å². The van der Waals surface area contributed by atoms with E-state index in [0.717, 1.165) is 11.3 Å². The lowest BCUT2D eigenvalue weighted by Crippen LogP contribution is -2.12. The molecule has 2 N–H and O–H groups in total. The quantitative estimate of drug-likeness (QED) is 0.501. The summed E-state index contributed by atoms with van der Waals surface area (Å²) in [7, 11) is 0. The number of thiophene rings is 1. The molecule has 28 heavy (non-hydrogen) atoms. The maximum absolute atomic E-state index is 13.1. The van der Waals surface area contributed by atoms with Crippen LogP contribution in [-0.2, 0) is 6.18 Å². The Bertz CT molecular complexity index is 1170. The fourth-order valence-electron chi connectivity index (χ4n) is 2.52. The van der Waals surface area contributed by atoms with Crippen molar-refractivity contribution in [3.8, 4) is 5.69 Å². The third kappa shape index (κ3) is 3.22. The first-order valence-electron chi connectivity index (χ1n) is 7.78. The van der Waals surface area contributed by atoms with Crippen molar-refractivity contribution in [2.45, 2.75) is 13.1 Å². The molecule has 0 bridgehead atoms. The van der Waals surface area contributed by atoms with Crippen molar-refractivity contribution >= 4 is 33.4 Å². The first-order chi connectivity index (χ1) is 13.2. The fourth-order valence-corrected chi connectivity index (χ4v) is 3.60. The van der Waals surface area contributed by atoms with Crippen LogP contribution in [0.1, 0.15) is 21.2 Å². The smallest absolute Gasteiger partial charge is 0.288 e. The van der Waals surface area contributed by atoms with Gasteiger partial charge >= 0.3 is 6.18 Å². The Morgan fingerprint density at radius 2 is 1.96 bits per heavy atom. The van der Waals surface area contributed by atoms with E-state index in [4.69, 9.17) is 0 Å². The van der Waals surface area contributed by atoms with E-state index in [9.17, 15) is 22.4 Å². The largest absolute Gasteiger partial charge is 0.451 e. The third-order valence-corrected chi connectivity index (χ3v) is 4.93. The lowest BCUT2D eigenvalue weighted by molar-refractivity contribution is -0.144. The molecule has 0 radical (unpaired) electrons. The van der Waals surface area contributed by atoms with Crippen LogP contribution in [0.4, 0.5) is 23.5 Å². The maximum Gasteiger partial charge on any atom is 0.451 e. The first kappa shape index (κ1) is 18.1. The monoisotopic (exact) mass is 410 g/mol. The molecule has 0 spiro atoms. The number of benzene rings is 1. The molecular formula is C16H10F4N6OS. The highest BCUT2D eigenvalue weighted by molar-refractivity contribution is 7.20. The number of nitrogens with one attached hydrogen (secondary N) is 2. The van der Waals surface area contributed by atoms with E-state index >= 15 is 0 Å². The van der Waals surface area contributed by atoms with Crippen LogP contribution >= 0.6 is 11.3 Å². The second kappa shape index (κ2) is 6.41. The van der Waals surface area contributed by atoms with Gasteiger partial charge in [0.2, 0.25) is 11.8 Å². The van der Waals surface area contributed by atoms with Gasteiger partial charge in [0, 0.05) is 5.39 Å². The number of fused-ring (bicyclic) bond motifs is 1. The van der Waals surface area contributed by atoms with Crippen LogP contribution in [-0.4, -0.2) is 30.9 Å². The van der Waals surface area contributed by atoms with Gasteiger partial charge in [-0.05, 0) is 37.3 Å². The molecule has 4 aromatic rings. The lowest BCUT2D eigenvalue weighted by Gasteiger charge is -2.02. The Morgan fingerprint density at radius 3 is 2.61 bits per heavy atom. The van der Waals surface area contributed by atoms with Crippen molar-refractivity contribution in [3.63, 3.8) is 0 Å². The average molecular weight is 410 g/mol. The van der Waals surface area contributed by atoms with Crippen molar-refractivity contribution in [2.24, 2.45) is 0 Å². The summed E-state index contributed by atoms with van der Waals surface area (Å²) >= 11 is 1.09. The van der Waals surface area contributed by atoms with Crippen molar-refractivity contribution in [2.75, 3.05) is 5.32 Å². The summed E-state index contributed by atoms with van der Waals surface area (Å²) in [6, 6.07) is 7.26. The number of anilines is 1. The highest BCUT2D eigenvalue weighted by Gasteiger charge is 2.35. The molecule has 0 atom stereocenters. The summed E-state index contributed by atoms with van der Waals surface area (Å²) in [6.07, 6.45) is -4.69. The Kier molecular flexibility index (Phi) is 4.14. The molecule has 0 unspecified atom stereocenters. The zero-order valence-corrected chi connectivity index (χ0v) is 14.8. The van der Waals surface area contributed by atoms with Crippen LogP contribution < -0.4 is 5.32 Å². The van der Waals surface area contributed by atoms with Crippen molar-refractivity contribution in [3.05, 3.63) is 52.5 Å². The summed E-state index contributed by atoms with van der Waals surface area (Å²) < 4.78 is 52.4. The number of hydrogen-bond donors (Lipinski definition) is 2. The standard InChI is InChI=1S/C16H10F4N6OS/c1-7-10-6-11(12(27)21-15-22-14(23-24-15)16(18,19)20)28-13(10)26(25-7)9-4-2-8(17)3-5-9/h2-6H,1H3,(H2,21,22,23,24,27). The summed E-state index contributed by atoms with van der Waals surface area (Å²) in [6.45, 7) is 1.75. The predicted molar refractivity (Wildman–Crippen MR) is 93.0 cm³/mol. The van der Waals surface area contributed by atoms with Crippen LogP contribution in [0.15, 0.2) is 30.3 Å². The van der Waals surface area contributed by atoms with E-state index in [1.807, 2.05) is 0 Å². The van der Waals surface area contributed by atoms with Gasteiger partial charge in [0.15, 0.2) is 0 Å². The van der Waals surface area contributed by atoms with E-state index in [1.54, 1.807) is 34.9 Å². The Labute approximate surface area is 158 Å². The van der Waals surface area contributed by atoms with Gasteiger partial charge < -0.3 is 0 Å². The Balaban J connectivity index is 1.64. The number of nitrogens with zero attached hydrogens (tertiary/aromatic N) is 4. The summed E-state index contributed by atoms with van der Waals surface area (Å²) in [5, 5.41) is 12.4. The summed E-state index contributed by atoms with van der Waals surface area (Å²) in [5.41, 5.74) is 1.25. The highest BCUT2D eigenvalue weighted by atomic mass is 32.1. The number of aromatic nitrogens is 5. The van der Waals surface area contributed by atoms with E-state index < -0.39 is 23.9 Å². The molecule has 0 fully saturated rings. The van der Waals surface area contributed by atoms with Gasteiger partial charge in [-0.15, -0.1) is 16.4 Å². The number of halogens is 4. The number of carbonyl (C=O) groups is 1. The van der Waals surface area contributed by atoms with Crippen LogP contribution in [0.25, 0.3) is 15.9 Å². The predicted octanol–water partition coefficient (Wildman–Crippen LogP) is 3.92. The van der Waals surface area contributed by atoms with Gasteiger partial charge in [-0.25, -0.2) is 9.07 Å². The van der Waals surface area contributed by atoms with Crippen LogP contribution in [0, 0.1) is 12.7 Å². The molecule has 1 aromatic carbocycles. The molecule has 0 aliphatic rings. The number of hydrogen-bond acceptors (Lipinski definition) is 5. The minimum atomic E-state index is -4.69. The molecule has 0 aliphatic carbocycles. The SMILES string of the molecule is Cc1nn(-c2ccc(F)cc2)c2sc(C(=O)Nc3n[nH]c(C(F)(F)F)n3)cc12. The highest BCUT2D eigenvalue weighted by Crippen LogP contribution is 2.31. The number of carbonyl (C=O) groups excluding carboxylic acids is 1. The number of alkyl halides is 3. The van der Waals surface area contributed by atoms with Crippen molar-refractivity contribution in [1.82, 2.24) is 25.0 Å². The van der Waals surface area contributed by atoms with E-state index in [2.05, 4.69) is 20.5 Å². The van der Waals surface area contributed by atoms with Crippen LogP contribution in [0.5, 0.6) is 0 Å². The molecule has 12 heteroatoms. The zero-order chi connectivity index (χ0) is 20.1. The van der Waals surface area contributed by atoms with Gasteiger partial charge in [-0.1, -0.05) is 0 Å². The zero-order valence-electron chi connectivity index (χ0n) is 14.0. The molecule has 7 nitrogen and oxygen atoms in total. The second-order valence-corrected chi connectivity index (χ2v) is 6.79. The van der Waals surface area contributed by atoms with Gasteiger partial charge in [0.05, 0.1) is 16.3 Å². The Hall–Kier alpha value is -3.28. The fraction of sp³-hybridized carbons (Fsp3) is 0.125. The molecule has 3 heterocycles. The van der Waals surface area contributed by atoms with E-state index in [1.165, 1.54) is 12.1 Å².